The lowest BCUT2D eigenvalue weighted by Gasteiger charge is -2.21. The molecule has 1 saturated heterocycles. The van der Waals surface area contributed by atoms with Crippen molar-refractivity contribution >= 4 is 23.2 Å². The maximum atomic E-state index is 13.0. The van der Waals surface area contributed by atoms with Crippen LogP contribution in [0.5, 0.6) is 0 Å². The average molecular weight is 509 g/mol. The van der Waals surface area contributed by atoms with Crippen LogP contribution < -0.4 is 10.6 Å². The first-order valence-electron chi connectivity index (χ1n) is 12.0. The summed E-state index contributed by atoms with van der Waals surface area (Å²) >= 11 is 0. The van der Waals surface area contributed by atoms with Gasteiger partial charge in [0.2, 0.25) is 5.95 Å². The average Bonchev–Trinajstić information content (AvgIpc) is 3.63. The molecule has 3 N–H and O–H groups in total. The van der Waals surface area contributed by atoms with Gasteiger partial charge in [0.25, 0.3) is 12.3 Å². The van der Waals surface area contributed by atoms with Crippen molar-refractivity contribution in [3.05, 3.63) is 47.4 Å². The summed E-state index contributed by atoms with van der Waals surface area (Å²) in [7, 11) is 0. The van der Waals surface area contributed by atoms with E-state index in [0.29, 0.717) is 42.1 Å². The highest BCUT2D eigenvalue weighted by molar-refractivity contribution is 5.98. The molecule has 0 saturated carbocycles. The number of nitriles is 1. The summed E-state index contributed by atoms with van der Waals surface area (Å²) in [6, 6.07) is 7.49. The van der Waals surface area contributed by atoms with Crippen molar-refractivity contribution in [2.75, 3.05) is 36.9 Å². The number of rotatable bonds is 7. The molecule has 3 aromatic rings. The van der Waals surface area contributed by atoms with Gasteiger partial charge in [-0.3, -0.25) is 9.48 Å². The summed E-state index contributed by atoms with van der Waals surface area (Å²) in [5.41, 5.74) is 2.85. The van der Waals surface area contributed by atoms with Crippen molar-refractivity contribution in [2.24, 2.45) is 0 Å². The topological polar surface area (TPSA) is 132 Å². The van der Waals surface area contributed by atoms with Gasteiger partial charge in [0.1, 0.15) is 12.6 Å². The van der Waals surface area contributed by atoms with E-state index in [0.717, 1.165) is 23.1 Å². The Hall–Kier alpha value is -4.11. The Balaban J connectivity index is 1.49. The van der Waals surface area contributed by atoms with Crippen molar-refractivity contribution in [3.63, 3.8) is 0 Å². The maximum Gasteiger partial charge on any atom is 0.276 e. The molecule has 192 valence electrons. The Morgan fingerprint density at radius 3 is 2.84 bits per heavy atom. The molecular weight excluding hydrogens is 482 g/mol. The molecule has 1 atom stereocenters. The van der Waals surface area contributed by atoms with Crippen LogP contribution in [0.15, 0.2) is 30.6 Å². The van der Waals surface area contributed by atoms with Crippen LogP contribution in [-0.2, 0) is 12.0 Å². The normalized spacial score (nSPS) is 18.5. The van der Waals surface area contributed by atoms with Gasteiger partial charge in [-0.05, 0) is 36.6 Å². The number of anilines is 3. The number of alkyl halides is 2. The van der Waals surface area contributed by atoms with E-state index in [-0.39, 0.29) is 29.8 Å². The Labute approximate surface area is 211 Å². The third kappa shape index (κ3) is 4.70. The second-order valence-corrected chi connectivity index (χ2v) is 9.52. The number of hydrogen-bond acceptors (Lipinski definition) is 8. The maximum absolute atomic E-state index is 13.0. The van der Waals surface area contributed by atoms with E-state index in [9.17, 15) is 23.9 Å². The number of likely N-dealkylation sites (tertiary alicyclic amines) is 1. The second kappa shape index (κ2) is 9.74. The van der Waals surface area contributed by atoms with Crippen molar-refractivity contribution in [1.29, 1.82) is 5.26 Å². The van der Waals surface area contributed by atoms with Crippen LogP contribution in [-0.4, -0.2) is 68.3 Å². The molecule has 12 heteroatoms. The number of aliphatic hydroxyl groups excluding tert-OH is 1. The summed E-state index contributed by atoms with van der Waals surface area (Å²) in [4.78, 5) is 23.5. The summed E-state index contributed by atoms with van der Waals surface area (Å²) in [6.07, 6.45) is 2.02. The molecular formula is C25H26F2N8O2. The van der Waals surface area contributed by atoms with Crippen LogP contribution in [0.3, 0.4) is 0 Å². The number of nitrogens with one attached hydrogen (secondary N) is 2. The standard InChI is InChI=1S/C25H26F2N8O2/c1-25(14-36)13-30-21-16(10-28)8-15(9-17(21)25)18-4-5-29-24(31-18)32-19-11-35(12-20(26)27)33-22(19)23(37)34-6-2-3-7-34/h4-5,8-9,11,20,30,36H,2-3,6-7,12-14H2,1H3,(H,29,31,32)/t25-/m1/s1. The molecule has 1 aromatic carbocycles. The van der Waals surface area contributed by atoms with Gasteiger partial charge in [0.15, 0.2) is 5.69 Å². The highest BCUT2D eigenvalue weighted by Gasteiger charge is 2.36. The number of carbonyl (C=O) groups is 1. The Bertz CT molecular complexity index is 1380. The second-order valence-electron chi connectivity index (χ2n) is 9.52. The zero-order chi connectivity index (χ0) is 26.2. The molecule has 0 bridgehead atoms. The number of halogens is 2. The first-order valence-corrected chi connectivity index (χ1v) is 12.0. The fourth-order valence-electron chi connectivity index (χ4n) is 4.74. The zero-order valence-electron chi connectivity index (χ0n) is 20.2. The lowest BCUT2D eigenvalue weighted by atomic mass is 9.83. The van der Waals surface area contributed by atoms with Crippen LogP contribution in [0.25, 0.3) is 11.3 Å². The van der Waals surface area contributed by atoms with Crippen LogP contribution in [0.2, 0.25) is 0 Å². The number of carbonyl (C=O) groups excluding carboxylic acids is 1. The molecule has 0 radical (unpaired) electrons. The van der Waals surface area contributed by atoms with Crippen molar-refractivity contribution in [2.45, 2.75) is 38.2 Å². The van der Waals surface area contributed by atoms with Gasteiger partial charge < -0.3 is 20.6 Å². The molecule has 37 heavy (non-hydrogen) atoms. The number of aliphatic hydroxyl groups is 1. The van der Waals surface area contributed by atoms with Crippen LogP contribution in [0.4, 0.5) is 26.1 Å². The van der Waals surface area contributed by atoms with Crippen molar-refractivity contribution in [1.82, 2.24) is 24.6 Å². The molecule has 1 amide bonds. The van der Waals surface area contributed by atoms with E-state index in [1.165, 1.54) is 12.4 Å². The lowest BCUT2D eigenvalue weighted by Crippen LogP contribution is -2.28. The SMILES string of the molecule is C[C@]1(CO)CNc2c(C#N)cc(-c3ccnc(Nc4cn(CC(F)F)nc4C(=O)N4CCCC4)n3)cc21. The lowest BCUT2D eigenvalue weighted by molar-refractivity contribution is 0.0783. The smallest absolute Gasteiger partial charge is 0.276 e. The minimum absolute atomic E-state index is 0.0330. The molecule has 1 fully saturated rings. The predicted octanol–water partition coefficient (Wildman–Crippen LogP) is 3.13. The Morgan fingerprint density at radius 1 is 1.35 bits per heavy atom. The minimum Gasteiger partial charge on any atom is -0.395 e. The molecule has 2 aliphatic rings. The van der Waals surface area contributed by atoms with Crippen LogP contribution in [0, 0.1) is 11.3 Å². The van der Waals surface area contributed by atoms with E-state index in [4.69, 9.17) is 0 Å². The van der Waals surface area contributed by atoms with E-state index in [1.54, 1.807) is 17.0 Å². The fraction of sp³-hybridized carbons (Fsp3) is 0.400. The molecule has 2 aliphatic heterocycles. The van der Waals surface area contributed by atoms with Gasteiger partial charge in [-0.25, -0.2) is 18.7 Å². The monoisotopic (exact) mass is 508 g/mol. The number of aromatic nitrogens is 4. The molecule has 0 unspecified atom stereocenters. The van der Waals surface area contributed by atoms with Gasteiger partial charge in [0, 0.05) is 43.0 Å². The van der Waals surface area contributed by atoms with Gasteiger partial charge in [-0.15, -0.1) is 0 Å². The number of nitrogens with zero attached hydrogens (tertiary/aromatic N) is 6. The van der Waals surface area contributed by atoms with E-state index in [2.05, 4.69) is 31.8 Å². The number of hydrogen-bond donors (Lipinski definition) is 3. The van der Waals surface area contributed by atoms with Crippen molar-refractivity contribution < 1.29 is 18.7 Å². The first-order chi connectivity index (χ1) is 17.8. The number of amides is 1. The quantitative estimate of drug-likeness (QED) is 0.444. The third-order valence-electron chi connectivity index (χ3n) is 6.79. The van der Waals surface area contributed by atoms with E-state index >= 15 is 0 Å². The number of fused-ring (bicyclic) bond motifs is 1. The van der Waals surface area contributed by atoms with Gasteiger partial charge >= 0.3 is 0 Å². The summed E-state index contributed by atoms with van der Waals surface area (Å²) < 4.78 is 27.1. The van der Waals surface area contributed by atoms with Gasteiger partial charge in [-0.2, -0.15) is 10.4 Å². The summed E-state index contributed by atoms with van der Waals surface area (Å²) in [5, 5.41) is 30.0. The van der Waals surface area contributed by atoms with Crippen LogP contribution in [0.1, 0.15) is 41.4 Å². The Morgan fingerprint density at radius 2 is 2.14 bits per heavy atom. The first kappa shape index (κ1) is 24.6. The highest BCUT2D eigenvalue weighted by Crippen LogP contribution is 2.41. The predicted molar refractivity (Wildman–Crippen MR) is 132 cm³/mol. The number of benzene rings is 1. The van der Waals surface area contributed by atoms with Gasteiger partial charge in [-0.1, -0.05) is 6.92 Å². The highest BCUT2D eigenvalue weighted by atomic mass is 19.3. The molecule has 0 spiro atoms. The minimum atomic E-state index is -2.63. The van der Waals surface area contributed by atoms with Crippen molar-refractivity contribution in [3.8, 4) is 17.3 Å². The largest absolute Gasteiger partial charge is 0.395 e. The summed E-state index contributed by atoms with van der Waals surface area (Å²) in [5.74, 6) is -0.191. The molecule has 0 aliphatic carbocycles. The van der Waals surface area contributed by atoms with Crippen LogP contribution >= 0.6 is 0 Å². The van der Waals surface area contributed by atoms with Gasteiger partial charge in [0.05, 0.1) is 29.2 Å². The zero-order valence-corrected chi connectivity index (χ0v) is 20.2. The molecule has 4 heterocycles. The van der Waals surface area contributed by atoms with E-state index in [1.807, 2.05) is 13.0 Å². The van der Waals surface area contributed by atoms with E-state index < -0.39 is 18.4 Å². The summed E-state index contributed by atoms with van der Waals surface area (Å²) in [6.45, 7) is 2.87. The molecule has 2 aromatic heterocycles. The molecule has 10 nitrogen and oxygen atoms in total. The molecule has 5 rings (SSSR count). The Kier molecular flexibility index (Phi) is 6.47. The fourth-order valence-corrected chi connectivity index (χ4v) is 4.74. The third-order valence-corrected chi connectivity index (χ3v) is 6.79.